The Morgan fingerprint density at radius 3 is 2.94 bits per heavy atom. The Balaban J connectivity index is 1.41. The van der Waals surface area contributed by atoms with Crippen molar-refractivity contribution in [1.82, 2.24) is 10.6 Å². The Kier molecular flexibility index (Phi) is 3.44. The van der Waals surface area contributed by atoms with Gasteiger partial charge in [0.05, 0.1) is 0 Å². The van der Waals surface area contributed by atoms with Gasteiger partial charge in [0.1, 0.15) is 0 Å². The summed E-state index contributed by atoms with van der Waals surface area (Å²) >= 11 is 0. The maximum absolute atomic E-state index is 3.64. The molecule has 92 valence electrons. The Hall–Kier alpha value is -0.860. The number of fused-ring (bicyclic) bond motifs is 1. The van der Waals surface area contributed by atoms with Gasteiger partial charge in [-0.15, -0.1) is 0 Å². The van der Waals surface area contributed by atoms with E-state index >= 15 is 0 Å². The van der Waals surface area contributed by atoms with Crippen LogP contribution in [-0.4, -0.2) is 25.7 Å². The molecule has 1 aliphatic heterocycles. The Bertz CT molecular complexity index is 369. The van der Waals surface area contributed by atoms with Crippen LogP contribution in [0.25, 0.3) is 0 Å². The van der Waals surface area contributed by atoms with E-state index in [9.17, 15) is 0 Å². The molecule has 1 aromatic carbocycles. The molecule has 1 saturated heterocycles. The summed E-state index contributed by atoms with van der Waals surface area (Å²) in [6.07, 6.45) is 5.35. The zero-order valence-corrected chi connectivity index (χ0v) is 10.4. The lowest BCUT2D eigenvalue weighted by atomic mass is 9.77. The highest BCUT2D eigenvalue weighted by Crippen LogP contribution is 2.33. The van der Waals surface area contributed by atoms with Gasteiger partial charge in [0.2, 0.25) is 0 Å². The molecule has 2 unspecified atom stereocenters. The topological polar surface area (TPSA) is 24.1 Å². The second-order valence-corrected chi connectivity index (χ2v) is 5.40. The fraction of sp³-hybridized carbons (Fsp3) is 0.600. The van der Waals surface area contributed by atoms with Crippen molar-refractivity contribution in [2.45, 2.75) is 37.6 Å². The minimum absolute atomic E-state index is 0.707. The maximum atomic E-state index is 3.64. The molecule has 2 heteroatoms. The fourth-order valence-electron chi connectivity index (χ4n) is 3.07. The van der Waals surface area contributed by atoms with E-state index < -0.39 is 0 Å². The van der Waals surface area contributed by atoms with Crippen LogP contribution in [-0.2, 0) is 6.42 Å². The van der Waals surface area contributed by atoms with Crippen LogP contribution < -0.4 is 10.6 Å². The molecule has 1 fully saturated rings. The molecular formula is C15H22N2. The summed E-state index contributed by atoms with van der Waals surface area (Å²) in [5, 5.41) is 7.22. The smallest absolute Gasteiger partial charge is 0.0192 e. The number of hydrogen-bond donors (Lipinski definition) is 2. The van der Waals surface area contributed by atoms with E-state index in [1.54, 1.807) is 11.1 Å². The van der Waals surface area contributed by atoms with Crippen LogP contribution >= 0.6 is 0 Å². The maximum Gasteiger partial charge on any atom is 0.0192 e. The summed E-state index contributed by atoms with van der Waals surface area (Å²) in [6, 6.07) is 9.56. The zero-order valence-electron chi connectivity index (χ0n) is 10.4. The fourth-order valence-corrected chi connectivity index (χ4v) is 3.07. The lowest BCUT2D eigenvalue weighted by Gasteiger charge is -2.31. The summed E-state index contributed by atoms with van der Waals surface area (Å²) in [6.45, 7) is 3.49. The first-order chi connectivity index (χ1) is 8.43. The van der Waals surface area contributed by atoms with Crippen molar-refractivity contribution in [1.29, 1.82) is 0 Å². The van der Waals surface area contributed by atoms with Crippen molar-refractivity contribution < 1.29 is 0 Å². The van der Waals surface area contributed by atoms with Crippen molar-refractivity contribution in [3.8, 4) is 0 Å². The first-order valence-corrected chi connectivity index (χ1v) is 6.95. The third-order valence-corrected chi connectivity index (χ3v) is 4.16. The van der Waals surface area contributed by atoms with E-state index in [-0.39, 0.29) is 0 Å². The minimum Gasteiger partial charge on any atom is -0.315 e. The summed E-state index contributed by atoms with van der Waals surface area (Å²) in [5.74, 6) is 0.759. The molecule has 1 aliphatic carbocycles. The first kappa shape index (κ1) is 11.2. The van der Waals surface area contributed by atoms with Crippen molar-refractivity contribution in [3.05, 3.63) is 35.4 Å². The quantitative estimate of drug-likeness (QED) is 0.827. The molecule has 0 amide bonds. The highest BCUT2D eigenvalue weighted by molar-refractivity contribution is 5.40. The predicted octanol–water partition coefficient (Wildman–Crippen LogP) is 2.06. The average Bonchev–Trinajstić information content (AvgIpc) is 2.36. The number of piperidine rings is 1. The Morgan fingerprint density at radius 2 is 2.12 bits per heavy atom. The van der Waals surface area contributed by atoms with Crippen LogP contribution in [0.1, 0.15) is 36.3 Å². The third-order valence-electron chi connectivity index (χ3n) is 4.16. The lowest BCUT2D eigenvalue weighted by molar-refractivity contribution is 0.376. The molecule has 0 saturated carbocycles. The summed E-state index contributed by atoms with van der Waals surface area (Å²) < 4.78 is 0. The normalized spacial score (nSPS) is 27.3. The molecule has 0 bridgehead atoms. The van der Waals surface area contributed by atoms with Crippen LogP contribution in [0.5, 0.6) is 0 Å². The number of hydrogen-bond acceptors (Lipinski definition) is 2. The molecule has 1 heterocycles. The van der Waals surface area contributed by atoms with Gasteiger partial charge < -0.3 is 10.6 Å². The minimum atomic E-state index is 0.707. The molecule has 2 aliphatic rings. The second kappa shape index (κ2) is 5.19. The number of rotatable bonds is 4. The molecule has 0 spiro atoms. The van der Waals surface area contributed by atoms with Crippen LogP contribution in [0.4, 0.5) is 0 Å². The van der Waals surface area contributed by atoms with Gasteiger partial charge in [-0.25, -0.2) is 0 Å². The van der Waals surface area contributed by atoms with Crippen LogP contribution in [0.15, 0.2) is 24.3 Å². The molecule has 2 nitrogen and oxygen atoms in total. The van der Waals surface area contributed by atoms with E-state index in [1.165, 1.54) is 32.2 Å². The third kappa shape index (κ3) is 2.53. The standard InChI is InChI=1S/C15H22N2/c1-2-7-15-12(5-1)9-13(15)10-16-11-14-6-3-4-8-17-14/h1-2,5,7,13-14,16-17H,3-4,6,8-11H2. The van der Waals surface area contributed by atoms with Crippen LogP contribution in [0.3, 0.4) is 0 Å². The SMILES string of the molecule is c1ccc2c(c1)CC2CNCC1CCCCN1. The molecule has 2 N–H and O–H groups in total. The monoisotopic (exact) mass is 230 g/mol. The predicted molar refractivity (Wildman–Crippen MR) is 71.4 cm³/mol. The van der Waals surface area contributed by atoms with Crippen molar-refractivity contribution >= 4 is 0 Å². The highest BCUT2D eigenvalue weighted by atomic mass is 15.0. The second-order valence-electron chi connectivity index (χ2n) is 5.40. The number of nitrogens with one attached hydrogen (secondary N) is 2. The van der Waals surface area contributed by atoms with Gasteiger partial charge in [-0.1, -0.05) is 30.7 Å². The molecule has 3 rings (SSSR count). The van der Waals surface area contributed by atoms with Gasteiger partial charge >= 0.3 is 0 Å². The summed E-state index contributed by atoms with van der Waals surface area (Å²) in [7, 11) is 0. The molecule has 0 radical (unpaired) electrons. The van der Waals surface area contributed by atoms with E-state index in [2.05, 4.69) is 34.9 Å². The van der Waals surface area contributed by atoms with E-state index in [4.69, 9.17) is 0 Å². The first-order valence-electron chi connectivity index (χ1n) is 6.95. The summed E-state index contributed by atoms with van der Waals surface area (Å²) in [4.78, 5) is 0. The van der Waals surface area contributed by atoms with Gasteiger partial charge in [0.25, 0.3) is 0 Å². The largest absolute Gasteiger partial charge is 0.315 e. The average molecular weight is 230 g/mol. The highest BCUT2D eigenvalue weighted by Gasteiger charge is 2.24. The van der Waals surface area contributed by atoms with Crippen molar-refractivity contribution in [2.24, 2.45) is 0 Å². The summed E-state index contributed by atoms with van der Waals surface area (Å²) in [5.41, 5.74) is 3.12. The molecule has 0 aromatic heterocycles. The van der Waals surface area contributed by atoms with E-state index in [0.717, 1.165) is 19.0 Å². The molecule has 17 heavy (non-hydrogen) atoms. The zero-order chi connectivity index (χ0) is 11.5. The van der Waals surface area contributed by atoms with Gasteiger partial charge in [-0.2, -0.15) is 0 Å². The van der Waals surface area contributed by atoms with Gasteiger partial charge in [-0.3, -0.25) is 0 Å². The van der Waals surface area contributed by atoms with E-state index in [0.29, 0.717) is 6.04 Å². The van der Waals surface area contributed by atoms with Gasteiger partial charge in [-0.05, 0) is 36.9 Å². The van der Waals surface area contributed by atoms with Crippen LogP contribution in [0.2, 0.25) is 0 Å². The lowest BCUT2D eigenvalue weighted by Crippen LogP contribution is -2.43. The van der Waals surface area contributed by atoms with Gasteiger partial charge in [0, 0.05) is 25.0 Å². The van der Waals surface area contributed by atoms with Crippen LogP contribution in [0, 0.1) is 0 Å². The Labute approximate surface area is 104 Å². The van der Waals surface area contributed by atoms with Crippen molar-refractivity contribution in [2.75, 3.05) is 19.6 Å². The van der Waals surface area contributed by atoms with E-state index in [1.807, 2.05) is 0 Å². The molecular weight excluding hydrogens is 208 g/mol. The Morgan fingerprint density at radius 1 is 1.18 bits per heavy atom. The molecule has 1 aromatic rings. The number of benzene rings is 1. The van der Waals surface area contributed by atoms with Gasteiger partial charge in [0.15, 0.2) is 0 Å². The molecule has 2 atom stereocenters. The van der Waals surface area contributed by atoms with Crippen molar-refractivity contribution in [3.63, 3.8) is 0 Å².